The predicted octanol–water partition coefficient (Wildman–Crippen LogP) is 4.23. The minimum atomic E-state index is -0.394. The first-order valence-corrected chi connectivity index (χ1v) is 8.58. The molecule has 134 valence electrons. The molecule has 4 aromatic rings. The zero-order valence-corrected chi connectivity index (χ0v) is 14.5. The van der Waals surface area contributed by atoms with Gasteiger partial charge in [0, 0.05) is 6.54 Å². The molecule has 2 aromatic carbocycles. The number of amides is 1. The highest BCUT2D eigenvalue weighted by Crippen LogP contribution is 2.16. The van der Waals surface area contributed by atoms with Crippen LogP contribution >= 0.6 is 0 Å². The maximum atomic E-state index is 13.2. The smallest absolute Gasteiger partial charge is 0.261 e. The zero-order valence-electron chi connectivity index (χ0n) is 14.5. The van der Waals surface area contributed by atoms with Crippen molar-refractivity contribution >= 4 is 16.9 Å². The van der Waals surface area contributed by atoms with E-state index >= 15 is 0 Å². The van der Waals surface area contributed by atoms with Crippen molar-refractivity contribution in [3.8, 4) is 0 Å². The van der Waals surface area contributed by atoms with Gasteiger partial charge in [0.05, 0.1) is 18.2 Å². The number of nitrogens with zero attached hydrogens (tertiary/aromatic N) is 1. The van der Waals surface area contributed by atoms with E-state index in [1.54, 1.807) is 47.6 Å². The zero-order chi connectivity index (χ0) is 18.6. The summed E-state index contributed by atoms with van der Waals surface area (Å²) in [7, 11) is 0. The van der Waals surface area contributed by atoms with Gasteiger partial charge in [0.1, 0.15) is 23.2 Å². The number of furan rings is 1. The average Bonchev–Trinajstić information content (AvgIpc) is 3.21. The summed E-state index contributed by atoms with van der Waals surface area (Å²) in [5, 5.41) is 0.390. The van der Waals surface area contributed by atoms with Crippen molar-refractivity contribution < 1.29 is 13.6 Å². The first kappa shape index (κ1) is 16.8. The van der Waals surface area contributed by atoms with Crippen molar-refractivity contribution in [2.24, 2.45) is 0 Å². The van der Waals surface area contributed by atoms with Gasteiger partial charge in [0.2, 0.25) is 5.43 Å². The molecule has 0 N–H and O–H groups in total. The van der Waals surface area contributed by atoms with Crippen molar-refractivity contribution in [3.05, 3.63) is 106 Å². The van der Waals surface area contributed by atoms with E-state index < -0.39 is 5.91 Å². The number of benzene rings is 2. The number of carbonyl (C=O) groups excluding carboxylic acids is 1. The molecule has 2 aromatic heterocycles. The number of hydrogen-bond donors (Lipinski definition) is 0. The third-order valence-electron chi connectivity index (χ3n) is 4.34. The largest absolute Gasteiger partial charge is 0.467 e. The molecule has 27 heavy (non-hydrogen) atoms. The van der Waals surface area contributed by atoms with E-state index in [4.69, 9.17) is 8.83 Å². The molecule has 2 heterocycles. The van der Waals surface area contributed by atoms with Crippen LogP contribution in [0, 0.1) is 0 Å². The van der Waals surface area contributed by atoms with Gasteiger partial charge in [-0.15, -0.1) is 0 Å². The fourth-order valence-electron chi connectivity index (χ4n) is 2.99. The van der Waals surface area contributed by atoms with Crippen molar-refractivity contribution in [3.63, 3.8) is 0 Å². The quantitative estimate of drug-likeness (QED) is 0.535. The standard InChI is InChI=1S/C22H17NO4/c24-21-18-10-4-5-11-20(18)27-15-19(21)22(25)23(14-17-9-6-12-26-17)13-16-7-2-1-3-8-16/h1-12,15H,13-14H2. The fraction of sp³-hybridized carbons (Fsp3) is 0.0909. The molecule has 0 atom stereocenters. The minimum Gasteiger partial charge on any atom is -0.467 e. The molecule has 0 bridgehead atoms. The Balaban J connectivity index is 1.71. The lowest BCUT2D eigenvalue weighted by Crippen LogP contribution is -2.33. The van der Waals surface area contributed by atoms with Crippen LogP contribution in [0.2, 0.25) is 0 Å². The number of hydrogen-bond acceptors (Lipinski definition) is 4. The van der Waals surface area contributed by atoms with Gasteiger partial charge in [0.15, 0.2) is 0 Å². The predicted molar refractivity (Wildman–Crippen MR) is 101 cm³/mol. The summed E-state index contributed by atoms with van der Waals surface area (Å²) in [6, 6.07) is 20.1. The molecule has 1 amide bonds. The van der Waals surface area contributed by atoms with Gasteiger partial charge in [-0.05, 0) is 29.8 Å². The minimum absolute atomic E-state index is 0.0104. The molecule has 0 radical (unpaired) electrons. The highest BCUT2D eigenvalue weighted by atomic mass is 16.3. The van der Waals surface area contributed by atoms with E-state index in [0.29, 0.717) is 23.3 Å². The highest BCUT2D eigenvalue weighted by Gasteiger charge is 2.22. The molecule has 0 aliphatic carbocycles. The number of carbonyl (C=O) groups is 1. The van der Waals surface area contributed by atoms with Gasteiger partial charge in [-0.25, -0.2) is 0 Å². The lowest BCUT2D eigenvalue weighted by Gasteiger charge is -2.21. The first-order valence-electron chi connectivity index (χ1n) is 8.58. The van der Waals surface area contributed by atoms with Crippen LogP contribution in [0.3, 0.4) is 0 Å². The SMILES string of the molecule is O=C(c1coc2ccccc2c1=O)N(Cc1ccccc1)Cc1ccco1. The Labute approximate surface area is 155 Å². The summed E-state index contributed by atoms with van der Waals surface area (Å²) in [4.78, 5) is 27.5. The Morgan fingerprint density at radius 3 is 2.41 bits per heavy atom. The molecule has 5 nitrogen and oxygen atoms in total. The molecule has 4 rings (SSSR count). The first-order chi connectivity index (χ1) is 13.2. The van der Waals surface area contributed by atoms with E-state index in [0.717, 1.165) is 5.56 Å². The molecule has 0 saturated heterocycles. The van der Waals surface area contributed by atoms with Crippen molar-refractivity contribution in [2.75, 3.05) is 0 Å². The topological polar surface area (TPSA) is 63.7 Å². The molecular weight excluding hydrogens is 342 g/mol. The van der Waals surface area contributed by atoms with E-state index in [1.807, 2.05) is 30.3 Å². The van der Waals surface area contributed by atoms with Gasteiger partial charge < -0.3 is 13.7 Å². The number of fused-ring (bicyclic) bond motifs is 1. The van der Waals surface area contributed by atoms with Gasteiger partial charge in [-0.3, -0.25) is 9.59 Å². The molecule has 0 spiro atoms. The normalized spacial score (nSPS) is 10.8. The van der Waals surface area contributed by atoms with Crippen LogP contribution in [0.4, 0.5) is 0 Å². The van der Waals surface area contributed by atoms with E-state index in [-0.39, 0.29) is 17.5 Å². The van der Waals surface area contributed by atoms with Crippen molar-refractivity contribution in [2.45, 2.75) is 13.1 Å². The highest BCUT2D eigenvalue weighted by molar-refractivity contribution is 5.96. The van der Waals surface area contributed by atoms with Crippen LogP contribution in [0.25, 0.3) is 11.0 Å². The summed E-state index contributed by atoms with van der Waals surface area (Å²) in [6.45, 7) is 0.611. The Kier molecular flexibility index (Phi) is 4.58. The second kappa shape index (κ2) is 7.33. The maximum absolute atomic E-state index is 13.2. The van der Waals surface area contributed by atoms with E-state index in [9.17, 15) is 9.59 Å². The molecular formula is C22H17NO4. The van der Waals surface area contributed by atoms with Gasteiger partial charge in [-0.1, -0.05) is 42.5 Å². The maximum Gasteiger partial charge on any atom is 0.261 e. The van der Waals surface area contributed by atoms with Crippen LogP contribution in [0.5, 0.6) is 0 Å². The van der Waals surface area contributed by atoms with Crippen LogP contribution < -0.4 is 5.43 Å². The summed E-state index contributed by atoms with van der Waals surface area (Å²) in [5.41, 5.74) is 1.10. The van der Waals surface area contributed by atoms with Crippen molar-refractivity contribution in [1.29, 1.82) is 0 Å². The van der Waals surface area contributed by atoms with Crippen LogP contribution in [0.1, 0.15) is 21.7 Å². The van der Waals surface area contributed by atoms with Crippen LogP contribution in [-0.2, 0) is 13.1 Å². The second-order valence-corrected chi connectivity index (χ2v) is 6.20. The Morgan fingerprint density at radius 1 is 0.852 bits per heavy atom. The van der Waals surface area contributed by atoms with Crippen molar-refractivity contribution in [1.82, 2.24) is 4.90 Å². The number of rotatable bonds is 5. The average molecular weight is 359 g/mol. The summed E-state index contributed by atoms with van der Waals surface area (Å²) in [6.07, 6.45) is 2.80. The molecule has 0 saturated carbocycles. The lowest BCUT2D eigenvalue weighted by atomic mass is 10.1. The molecule has 0 unspecified atom stereocenters. The van der Waals surface area contributed by atoms with Gasteiger partial charge in [-0.2, -0.15) is 0 Å². The van der Waals surface area contributed by atoms with Gasteiger partial charge >= 0.3 is 0 Å². The fourth-order valence-corrected chi connectivity index (χ4v) is 2.99. The molecule has 5 heteroatoms. The Morgan fingerprint density at radius 2 is 1.63 bits per heavy atom. The Bertz CT molecular complexity index is 1110. The van der Waals surface area contributed by atoms with E-state index in [2.05, 4.69) is 0 Å². The summed E-state index contributed by atoms with van der Waals surface area (Å²) >= 11 is 0. The second-order valence-electron chi connectivity index (χ2n) is 6.20. The Hall–Kier alpha value is -3.60. The third-order valence-corrected chi connectivity index (χ3v) is 4.34. The van der Waals surface area contributed by atoms with Gasteiger partial charge in [0.25, 0.3) is 5.91 Å². The molecule has 0 aliphatic rings. The molecule has 0 aliphatic heterocycles. The summed E-state index contributed by atoms with van der Waals surface area (Å²) in [5.74, 6) is 0.249. The van der Waals surface area contributed by atoms with Crippen LogP contribution in [0.15, 0.2) is 92.9 Å². The van der Waals surface area contributed by atoms with E-state index in [1.165, 1.54) is 6.26 Å². The third kappa shape index (κ3) is 3.53. The summed E-state index contributed by atoms with van der Waals surface area (Å²) < 4.78 is 10.9. The monoisotopic (exact) mass is 359 g/mol. The van der Waals surface area contributed by atoms with Crippen LogP contribution in [-0.4, -0.2) is 10.8 Å². The number of para-hydroxylation sites is 1. The molecule has 0 fully saturated rings. The lowest BCUT2D eigenvalue weighted by molar-refractivity contribution is 0.0714.